The lowest BCUT2D eigenvalue weighted by Crippen LogP contribution is -2.48. The zero-order valence-corrected chi connectivity index (χ0v) is 15.4. The largest absolute Gasteiger partial charge is 0.480 e. The summed E-state index contributed by atoms with van der Waals surface area (Å²) in [4.78, 5) is 24.4. The average molecular weight is 370 g/mol. The molecule has 8 heteroatoms. The zero-order chi connectivity index (χ0) is 15.8. The zero-order valence-electron chi connectivity index (χ0n) is 13.8. The van der Waals surface area contributed by atoms with Crippen LogP contribution in [0.15, 0.2) is 12.7 Å². The van der Waals surface area contributed by atoms with E-state index in [1.54, 1.807) is 0 Å². The molecule has 136 valence electrons. The molecule has 1 amide bonds. The Labute approximate surface area is 150 Å². The minimum atomic E-state index is -0.772. The summed E-state index contributed by atoms with van der Waals surface area (Å²) in [6.45, 7) is 9.36. The normalized spacial score (nSPS) is 21.7. The second-order valence-corrected chi connectivity index (χ2v) is 5.58. The van der Waals surface area contributed by atoms with Gasteiger partial charge >= 0.3 is 5.97 Å². The van der Waals surface area contributed by atoms with E-state index in [0.29, 0.717) is 19.5 Å². The molecule has 0 aliphatic carbocycles. The fourth-order valence-corrected chi connectivity index (χ4v) is 2.76. The number of hydrogen-bond donors (Lipinski definition) is 3. The number of carboxylic acid groups (broad SMARTS) is 1. The summed E-state index contributed by atoms with van der Waals surface area (Å²) >= 11 is 0. The first-order chi connectivity index (χ1) is 9.97. The van der Waals surface area contributed by atoms with Gasteiger partial charge in [0.05, 0.1) is 6.17 Å². The fourth-order valence-electron chi connectivity index (χ4n) is 2.76. The van der Waals surface area contributed by atoms with E-state index < -0.39 is 12.0 Å². The molecule has 6 nitrogen and oxygen atoms in total. The predicted octanol–water partition coefficient (Wildman–Crippen LogP) is 1.64. The number of carbonyl (C=O) groups excluding carboxylic acids is 1. The molecule has 23 heavy (non-hydrogen) atoms. The molecular weight excluding hydrogens is 341 g/mol. The van der Waals surface area contributed by atoms with Crippen LogP contribution in [-0.4, -0.2) is 53.7 Å². The number of amides is 1. The van der Waals surface area contributed by atoms with Gasteiger partial charge in [-0.3, -0.25) is 19.8 Å². The van der Waals surface area contributed by atoms with Gasteiger partial charge in [-0.25, -0.2) is 0 Å². The van der Waals surface area contributed by atoms with E-state index in [-0.39, 0.29) is 42.8 Å². The van der Waals surface area contributed by atoms with Crippen LogP contribution in [0.25, 0.3) is 0 Å². The summed E-state index contributed by atoms with van der Waals surface area (Å²) in [5.41, 5.74) is 0. The van der Waals surface area contributed by atoms with Crippen LogP contribution in [0.3, 0.4) is 0 Å². The Morgan fingerprint density at radius 3 is 2.57 bits per heavy atom. The van der Waals surface area contributed by atoms with Crippen LogP contribution >= 0.6 is 24.8 Å². The average Bonchev–Trinajstić information content (AvgIpc) is 2.82. The van der Waals surface area contributed by atoms with Gasteiger partial charge < -0.3 is 10.4 Å². The smallest absolute Gasteiger partial charge is 0.320 e. The van der Waals surface area contributed by atoms with Crippen LogP contribution < -0.4 is 10.6 Å². The minimum absolute atomic E-state index is 0. The lowest BCUT2D eigenvalue weighted by atomic mass is 10.1. The number of aliphatic carboxylic acids is 1. The maximum Gasteiger partial charge on any atom is 0.320 e. The van der Waals surface area contributed by atoms with E-state index in [9.17, 15) is 14.7 Å². The van der Waals surface area contributed by atoms with Gasteiger partial charge in [-0.05, 0) is 18.8 Å². The van der Waals surface area contributed by atoms with Crippen molar-refractivity contribution in [3.63, 3.8) is 0 Å². The predicted molar refractivity (Wildman–Crippen MR) is 96.3 cm³/mol. The number of nitrogens with zero attached hydrogens (tertiary/aromatic N) is 1. The second kappa shape index (κ2) is 12.6. The second-order valence-electron chi connectivity index (χ2n) is 5.58. The molecule has 0 spiro atoms. The van der Waals surface area contributed by atoms with Crippen molar-refractivity contribution in [2.24, 2.45) is 5.92 Å². The molecule has 1 aliphatic heterocycles. The summed E-state index contributed by atoms with van der Waals surface area (Å²) in [6.07, 6.45) is 4.24. The first-order valence-corrected chi connectivity index (χ1v) is 7.57. The highest BCUT2D eigenvalue weighted by molar-refractivity contribution is 5.85. The first-order valence-electron chi connectivity index (χ1n) is 7.57. The maximum absolute atomic E-state index is 11.3. The molecule has 3 atom stereocenters. The molecular formula is C15H29Cl2N3O3. The Bertz CT molecular complexity index is 383. The van der Waals surface area contributed by atoms with Gasteiger partial charge in [0.2, 0.25) is 5.91 Å². The van der Waals surface area contributed by atoms with Gasteiger partial charge in [0.15, 0.2) is 0 Å². The van der Waals surface area contributed by atoms with Crippen molar-refractivity contribution in [2.45, 2.75) is 45.3 Å². The van der Waals surface area contributed by atoms with Crippen molar-refractivity contribution in [2.75, 3.05) is 19.6 Å². The Morgan fingerprint density at radius 2 is 2.09 bits per heavy atom. The summed E-state index contributed by atoms with van der Waals surface area (Å²) in [6, 6.07) is -0.430. The monoisotopic (exact) mass is 369 g/mol. The van der Waals surface area contributed by atoms with E-state index in [2.05, 4.69) is 24.1 Å². The van der Waals surface area contributed by atoms with Gasteiger partial charge in [-0.1, -0.05) is 19.4 Å². The third-order valence-electron chi connectivity index (χ3n) is 3.80. The lowest BCUT2D eigenvalue weighted by molar-refractivity contribution is -0.142. The number of hydrogen-bond acceptors (Lipinski definition) is 4. The highest BCUT2D eigenvalue weighted by atomic mass is 35.5. The number of halogens is 2. The molecule has 0 aromatic heterocycles. The topological polar surface area (TPSA) is 81.7 Å². The number of carboxylic acids is 1. The van der Waals surface area contributed by atoms with Crippen LogP contribution in [0.5, 0.6) is 0 Å². The van der Waals surface area contributed by atoms with Crippen LogP contribution in [0.2, 0.25) is 0 Å². The van der Waals surface area contributed by atoms with E-state index >= 15 is 0 Å². The van der Waals surface area contributed by atoms with Crippen molar-refractivity contribution in [1.82, 2.24) is 15.5 Å². The van der Waals surface area contributed by atoms with E-state index in [1.807, 2.05) is 11.0 Å². The van der Waals surface area contributed by atoms with Gasteiger partial charge in [-0.2, -0.15) is 0 Å². The molecule has 1 fully saturated rings. The molecule has 0 bridgehead atoms. The van der Waals surface area contributed by atoms with Crippen molar-refractivity contribution in [1.29, 1.82) is 0 Å². The highest BCUT2D eigenvalue weighted by Crippen LogP contribution is 2.23. The van der Waals surface area contributed by atoms with Gasteiger partial charge in [0.1, 0.15) is 6.04 Å². The molecule has 0 aromatic carbocycles. The Morgan fingerprint density at radius 1 is 1.43 bits per heavy atom. The molecule has 0 saturated carbocycles. The molecule has 1 heterocycles. The summed E-state index contributed by atoms with van der Waals surface area (Å²) < 4.78 is 0. The van der Waals surface area contributed by atoms with Crippen LogP contribution in [0.4, 0.5) is 0 Å². The minimum Gasteiger partial charge on any atom is -0.480 e. The number of carbonyl (C=O) groups is 2. The molecule has 1 rings (SSSR count). The standard InChI is InChI=1S/C15H27N3O3.2ClH/c1-4-6-14(17-11(3)19)16-7-8-18-10-12(5-2)9-13(18)15(20)21;;/h5,12-14,16H,2,4,6-10H2,1,3H3,(H,17,19)(H,20,21);2*1H/t12-,13-,14?;;/m1../s1. The Hall–Kier alpha value is -0.820. The number of rotatable bonds is 9. The van der Waals surface area contributed by atoms with E-state index in [4.69, 9.17) is 0 Å². The fraction of sp³-hybridized carbons (Fsp3) is 0.733. The van der Waals surface area contributed by atoms with Crippen molar-refractivity contribution >= 4 is 36.7 Å². The molecule has 1 saturated heterocycles. The third-order valence-corrected chi connectivity index (χ3v) is 3.80. The van der Waals surface area contributed by atoms with Crippen LogP contribution in [-0.2, 0) is 9.59 Å². The first kappa shape index (κ1) is 24.4. The molecule has 0 radical (unpaired) electrons. The molecule has 1 aliphatic rings. The summed E-state index contributed by atoms with van der Waals surface area (Å²) in [7, 11) is 0. The van der Waals surface area contributed by atoms with Crippen LogP contribution in [0, 0.1) is 5.92 Å². The third kappa shape index (κ3) is 8.55. The Balaban J connectivity index is 0. The molecule has 1 unspecified atom stereocenters. The maximum atomic E-state index is 11.3. The van der Waals surface area contributed by atoms with E-state index in [0.717, 1.165) is 19.4 Å². The summed E-state index contributed by atoms with van der Waals surface area (Å²) in [5, 5.41) is 15.4. The van der Waals surface area contributed by atoms with Gasteiger partial charge in [-0.15, -0.1) is 31.4 Å². The lowest BCUT2D eigenvalue weighted by Gasteiger charge is -2.24. The SMILES string of the molecule is C=C[C@@H]1C[C@H](C(=O)O)N(CCNC(CCC)NC(C)=O)C1.Cl.Cl. The quantitative estimate of drug-likeness (QED) is 0.425. The number of nitrogens with one attached hydrogen (secondary N) is 2. The molecule has 3 N–H and O–H groups in total. The van der Waals surface area contributed by atoms with Crippen LogP contribution in [0.1, 0.15) is 33.1 Å². The molecule has 0 aromatic rings. The van der Waals surface area contributed by atoms with Crippen molar-refractivity contribution in [3.8, 4) is 0 Å². The van der Waals surface area contributed by atoms with Gasteiger partial charge in [0.25, 0.3) is 0 Å². The number of likely N-dealkylation sites (tertiary alicyclic amines) is 1. The van der Waals surface area contributed by atoms with Crippen molar-refractivity contribution in [3.05, 3.63) is 12.7 Å². The van der Waals surface area contributed by atoms with E-state index in [1.165, 1.54) is 6.92 Å². The summed E-state index contributed by atoms with van der Waals surface area (Å²) in [5.74, 6) is -0.587. The van der Waals surface area contributed by atoms with Gasteiger partial charge in [0, 0.05) is 26.6 Å². The highest BCUT2D eigenvalue weighted by Gasteiger charge is 2.34. The van der Waals surface area contributed by atoms with Crippen molar-refractivity contribution < 1.29 is 14.7 Å². The Kier molecular flexibility index (Phi) is 13.4.